The number of allylic oxidation sites excluding steroid dienone is 3. The molecule has 0 saturated heterocycles. The van der Waals surface area contributed by atoms with E-state index in [1.807, 2.05) is 32.2 Å². The Morgan fingerprint density at radius 3 is 2.32 bits per heavy atom. The number of nitrogens with one attached hydrogen (secondary N) is 2. The van der Waals surface area contributed by atoms with Gasteiger partial charge in [-0.15, -0.1) is 0 Å². The summed E-state index contributed by atoms with van der Waals surface area (Å²) in [4.78, 5) is 14.5. The van der Waals surface area contributed by atoms with E-state index in [0.29, 0.717) is 24.1 Å². The van der Waals surface area contributed by atoms with Crippen molar-refractivity contribution in [1.82, 2.24) is 10.2 Å². The molecule has 0 aromatic rings. The Bertz CT molecular complexity index is 451. The molecule has 0 unspecified atom stereocenters. The van der Waals surface area contributed by atoms with E-state index in [-0.39, 0.29) is 11.2 Å². The topological polar surface area (TPSA) is 56.2 Å². The van der Waals surface area contributed by atoms with Crippen molar-refractivity contribution in [2.24, 2.45) is 5.41 Å². The average molecular weight is 263 g/mol. The largest absolute Gasteiger partial charge is 0.390 e. The van der Waals surface area contributed by atoms with Crippen LogP contribution in [0.2, 0.25) is 0 Å². The molecule has 1 aliphatic carbocycles. The highest BCUT2D eigenvalue weighted by Crippen LogP contribution is 2.31. The van der Waals surface area contributed by atoms with Crippen molar-refractivity contribution in [2.75, 3.05) is 21.1 Å². The molecule has 2 N–H and O–H groups in total. The molecule has 0 heterocycles. The first-order chi connectivity index (χ1) is 8.68. The van der Waals surface area contributed by atoms with Crippen LogP contribution in [0.4, 0.5) is 0 Å². The van der Waals surface area contributed by atoms with Crippen LogP contribution in [0, 0.1) is 10.8 Å². The van der Waals surface area contributed by atoms with Crippen LogP contribution >= 0.6 is 0 Å². The average Bonchev–Trinajstić information content (AvgIpc) is 2.26. The van der Waals surface area contributed by atoms with E-state index < -0.39 is 0 Å². The van der Waals surface area contributed by atoms with Crippen molar-refractivity contribution in [2.45, 2.75) is 33.6 Å². The third-order valence-electron chi connectivity index (χ3n) is 3.13. The number of rotatable bonds is 2. The van der Waals surface area contributed by atoms with Crippen LogP contribution in [0.15, 0.2) is 23.0 Å². The second-order valence-electron chi connectivity index (χ2n) is 6.18. The second kappa shape index (κ2) is 5.59. The number of carbonyl (C=O) groups excluding carboxylic acids is 1. The summed E-state index contributed by atoms with van der Waals surface area (Å²) in [6.07, 6.45) is 3.15. The van der Waals surface area contributed by atoms with Gasteiger partial charge < -0.3 is 15.6 Å². The Labute approximate surface area is 116 Å². The maximum atomic E-state index is 12.6. The smallest absolute Gasteiger partial charge is 0.194 e. The summed E-state index contributed by atoms with van der Waals surface area (Å²) in [6, 6.07) is 0. The third kappa shape index (κ3) is 3.46. The summed E-state index contributed by atoms with van der Waals surface area (Å²) in [6.45, 7) is 6.16. The molecule has 1 saturated carbocycles. The van der Waals surface area contributed by atoms with Gasteiger partial charge in [-0.25, -0.2) is 0 Å². The van der Waals surface area contributed by atoms with E-state index in [1.165, 1.54) is 0 Å². The first-order valence-electron chi connectivity index (χ1n) is 6.60. The van der Waals surface area contributed by atoms with Crippen molar-refractivity contribution in [3.8, 4) is 0 Å². The van der Waals surface area contributed by atoms with Gasteiger partial charge in [0.25, 0.3) is 0 Å². The first kappa shape index (κ1) is 15.5. The fourth-order valence-corrected chi connectivity index (χ4v) is 2.37. The molecule has 0 radical (unpaired) electrons. The Morgan fingerprint density at radius 1 is 1.32 bits per heavy atom. The molecular formula is C15H25N3O. The highest BCUT2D eigenvalue weighted by Gasteiger charge is 2.31. The summed E-state index contributed by atoms with van der Waals surface area (Å²) >= 11 is 0. The zero-order chi connectivity index (χ0) is 14.8. The molecule has 0 spiro atoms. The van der Waals surface area contributed by atoms with E-state index in [1.54, 1.807) is 0 Å². The molecule has 1 fully saturated rings. The summed E-state index contributed by atoms with van der Waals surface area (Å²) in [7, 11) is 5.64. The summed E-state index contributed by atoms with van der Waals surface area (Å²) < 4.78 is 0. The van der Waals surface area contributed by atoms with Crippen LogP contribution in [0.3, 0.4) is 0 Å². The lowest BCUT2D eigenvalue weighted by Gasteiger charge is -2.29. The van der Waals surface area contributed by atoms with Gasteiger partial charge in [-0.2, -0.15) is 0 Å². The predicted octanol–water partition coefficient (Wildman–Crippen LogP) is 2.33. The molecule has 0 bridgehead atoms. The van der Waals surface area contributed by atoms with Gasteiger partial charge in [0, 0.05) is 49.7 Å². The number of ketones is 1. The minimum Gasteiger partial charge on any atom is -0.390 e. The molecule has 0 amide bonds. The van der Waals surface area contributed by atoms with E-state index >= 15 is 0 Å². The molecule has 0 aliphatic heterocycles. The summed E-state index contributed by atoms with van der Waals surface area (Å²) in [5, 5.41) is 11.2. The van der Waals surface area contributed by atoms with Crippen LogP contribution in [-0.2, 0) is 4.79 Å². The van der Waals surface area contributed by atoms with Gasteiger partial charge in [-0.3, -0.25) is 4.79 Å². The van der Waals surface area contributed by atoms with Gasteiger partial charge in [-0.05, 0) is 12.8 Å². The fourth-order valence-electron chi connectivity index (χ4n) is 2.37. The van der Waals surface area contributed by atoms with E-state index in [2.05, 4.69) is 26.1 Å². The normalized spacial score (nSPS) is 21.7. The quantitative estimate of drug-likeness (QED) is 0.752. The Morgan fingerprint density at radius 2 is 1.89 bits per heavy atom. The minimum atomic E-state index is -0.174. The van der Waals surface area contributed by atoms with Crippen molar-refractivity contribution >= 4 is 11.5 Å². The van der Waals surface area contributed by atoms with Gasteiger partial charge in [0.15, 0.2) is 5.78 Å². The molecule has 4 heteroatoms. The molecular weight excluding hydrogens is 238 g/mol. The molecule has 0 atom stereocenters. The molecule has 0 aromatic carbocycles. The molecule has 4 nitrogen and oxygen atoms in total. The standard InChI is InChI=1S/C15H25N3O/c1-15(2,3)14(17-4)12-11(16)8-7-10(13(12)19)9-18(5)6/h9,16-17H,7-8H2,1-6H3/b10-9+,14-12+,16-11?. The van der Waals surface area contributed by atoms with Gasteiger partial charge in [0.1, 0.15) is 0 Å². The zero-order valence-electron chi connectivity index (χ0n) is 12.8. The summed E-state index contributed by atoms with van der Waals surface area (Å²) in [5.74, 6) is -0.00998. The van der Waals surface area contributed by atoms with E-state index in [9.17, 15) is 4.79 Å². The third-order valence-corrected chi connectivity index (χ3v) is 3.13. The van der Waals surface area contributed by atoms with Crippen molar-refractivity contribution in [3.63, 3.8) is 0 Å². The molecule has 1 rings (SSSR count). The predicted molar refractivity (Wildman–Crippen MR) is 79.3 cm³/mol. The molecule has 19 heavy (non-hydrogen) atoms. The molecule has 0 aromatic heterocycles. The van der Waals surface area contributed by atoms with Gasteiger partial charge in [0.05, 0.1) is 5.57 Å². The van der Waals surface area contributed by atoms with Crippen LogP contribution in [-0.4, -0.2) is 37.5 Å². The fraction of sp³-hybridized carbons (Fsp3) is 0.600. The van der Waals surface area contributed by atoms with Crippen LogP contribution < -0.4 is 5.32 Å². The van der Waals surface area contributed by atoms with Gasteiger partial charge in [-0.1, -0.05) is 20.8 Å². The Kier molecular flexibility index (Phi) is 4.56. The highest BCUT2D eigenvalue weighted by atomic mass is 16.1. The van der Waals surface area contributed by atoms with Crippen LogP contribution in [0.25, 0.3) is 0 Å². The van der Waals surface area contributed by atoms with Crippen molar-refractivity contribution in [3.05, 3.63) is 23.0 Å². The zero-order valence-corrected chi connectivity index (χ0v) is 12.8. The van der Waals surface area contributed by atoms with Crippen molar-refractivity contribution in [1.29, 1.82) is 5.41 Å². The lowest BCUT2D eigenvalue weighted by atomic mass is 9.80. The summed E-state index contributed by atoms with van der Waals surface area (Å²) in [5.41, 5.74) is 2.46. The maximum Gasteiger partial charge on any atom is 0.194 e. The SMILES string of the molecule is CN/C(=C1\C(=N)CC/C(=C\N(C)C)C1=O)C(C)(C)C. The monoisotopic (exact) mass is 263 g/mol. The number of Topliss-reactive ketones (excluding diaryl/α,β-unsaturated/α-hetero) is 1. The number of nitrogens with zero attached hydrogens (tertiary/aromatic N) is 1. The lowest BCUT2D eigenvalue weighted by molar-refractivity contribution is -0.112. The maximum absolute atomic E-state index is 12.6. The minimum absolute atomic E-state index is 0.00998. The highest BCUT2D eigenvalue weighted by molar-refractivity contribution is 6.29. The Balaban J connectivity index is 3.34. The van der Waals surface area contributed by atoms with Crippen LogP contribution in [0.5, 0.6) is 0 Å². The number of carbonyl (C=O) groups is 1. The van der Waals surface area contributed by atoms with Crippen LogP contribution in [0.1, 0.15) is 33.6 Å². The van der Waals surface area contributed by atoms with E-state index in [0.717, 1.165) is 11.3 Å². The van der Waals surface area contributed by atoms with E-state index in [4.69, 9.17) is 5.41 Å². The number of hydrogen-bond acceptors (Lipinski definition) is 4. The molecule has 1 aliphatic rings. The first-order valence-corrected chi connectivity index (χ1v) is 6.60. The van der Waals surface area contributed by atoms with Gasteiger partial charge in [0.2, 0.25) is 0 Å². The lowest BCUT2D eigenvalue weighted by Crippen LogP contribution is -2.32. The van der Waals surface area contributed by atoms with Gasteiger partial charge >= 0.3 is 0 Å². The number of hydrogen-bond donors (Lipinski definition) is 2. The molecule has 106 valence electrons. The van der Waals surface area contributed by atoms with Crippen molar-refractivity contribution < 1.29 is 4.79 Å². The Hall–Kier alpha value is -1.58. The second-order valence-corrected chi connectivity index (χ2v) is 6.18.